The summed E-state index contributed by atoms with van der Waals surface area (Å²) in [6, 6.07) is 12.2. The lowest BCUT2D eigenvalue weighted by molar-refractivity contribution is -0.127. The average Bonchev–Trinajstić information content (AvgIpc) is 3.30. The molecule has 1 atom stereocenters. The summed E-state index contributed by atoms with van der Waals surface area (Å²) in [7, 11) is 0. The lowest BCUT2D eigenvalue weighted by Crippen LogP contribution is -2.36. The summed E-state index contributed by atoms with van der Waals surface area (Å²) in [4.78, 5) is 30.0. The number of halogens is 2. The normalized spacial score (nSPS) is 16.3. The van der Waals surface area contributed by atoms with E-state index in [0.29, 0.717) is 28.6 Å². The van der Waals surface area contributed by atoms with E-state index in [-0.39, 0.29) is 11.3 Å². The van der Waals surface area contributed by atoms with Crippen molar-refractivity contribution < 1.29 is 22.8 Å². The number of nitrogens with one attached hydrogen (secondary N) is 1. The van der Waals surface area contributed by atoms with Crippen molar-refractivity contribution in [1.29, 1.82) is 0 Å². The number of carbonyl (C=O) groups excluding carboxylic acids is 2. The van der Waals surface area contributed by atoms with Crippen LogP contribution >= 0.6 is 0 Å². The molecule has 7 nitrogen and oxygen atoms in total. The third kappa shape index (κ3) is 4.14. The monoisotopic (exact) mass is 438 g/mol. The van der Waals surface area contributed by atoms with Crippen LogP contribution in [0.1, 0.15) is 25.2 Å². The van der Waals surface area contributed by atoms with E-state index < -0.39 is 23.7 Å². The summed E-state index contributed by atoms with van der Waals surface area (Å²) < 4.78 is 32.7. The fourth-order valence-corrected chi connectivity index (χ4v) is 3.40. The Morgan fingerprint density at radius 3 is 2.59 bits per heavy atom. The van der Waals surface area contributed by atoms with Gasteiger partial charge in [-0.1, -0.05) is 18.2 Å². The Morgan fingerprint density at radius 2 is 1.91 bits per heavy atom. The largest absolute Gasteiger partial charge is 0.441 e. The van der Waals surface area contributed by atoms with Crippen molar-refractivity contribution in [2.75, 3.05) is 10.3 Å². The minimum Gasteiger partial charge on any atom is -0.441 e. The SMILES string of the molecule is CC1=NN(c2cccc(-c3ncc(C)o3)c2)C(=O)C1C(=O)Nc1cccc(C(C)(F)F)c1. The topological polar surface area (TPSA) is 87.8 Å². The molecule has 4 rings (SSSR count). The van der Waals surface area contributed by atoms with Gasteiger partial charge in [-0.15, -0.1) is 0 Å². The molecular weight excluding hydrogens is 418 g/mol. The van der Waals surface area contributed by atoms with Crippen LogP contribution < -0.4 is 10.3 Å². The highest BCUT2D eigenvalue weighted by Gasteiger charge is 2.40. The van der Waals surface area contributed by atoms with Gasteiger partial charge in [0.2, 0.25) is 11.8 Å². The number of hydrogen-bond acceptors (Lipinski definition) is 5. The fourth-order valence-electron chi connectivity index (χ4n) is 3.40. The first-order chi connectivity index (χ1) is 15.1. The van der Waals surface area contributed by atoms with Crippen molar-refractivity contribution in [2.24, 2.45) is 11.0 Å². The minimum absolute atomic E-state index is 0.175. The number of amides is 2. The number of rotatable bonds is 5. The third-order valence-corrected chi connectivity index (χ3v) is 4.99. The molecule has 164 valence electrons. The number of aromatic nitrogens is 1. The summed E-state index contributed by atoms with van der Waals surface area (Å²) in [5.41, 5.74) is 1.34. The molecule has 1 unspecified atom stereocenters. The van der Waals surface area contributed by atoms with Gasteiger partial charge in [0.15, 0.2) is 5.92 Å². The maximum Gasteiger partial charge on any atom is 0.270 e. The molecule has 0 saturated carbocycles. The Labute approximate surface area is 182 Å². The van der Waals surface area contributed by atoms with Gasteiger partial charge in [-0.2, -0.15) is 10.1 Å². The van der Waals surface area contributed by atoms with Gasteiger partial charge in [0, 0.05) is 23.7 Å². The predicted octanol–water partition coefficient (Wildman–Crippen LogP) is 4.74. The van der Waals surface area contributed by atoms with E-state index in [1.165, 1.54) is 24.3 Å². The zero-order chi connectivity index (χ0) is 23.0. The Hall–Kier alpha value is -3.88. The van der Waals surface area contributed by atoms with E-state index in [0.717, 1.165) is 11.9 Å². The number of hydrazone groups is 1. The molecule has 1 N–H and O–H groups in total. The number of benzene rings is 2. The molecule has 2 heterocycles. The molecule has 0 spiro atoms. The van der Waals surface area contributed by atoms with Crippen LogP contribution in [0.3, 0.4) is 0 Å². The van der Waals surface area contributed by atoms with Crippen LogP contribution in [0.4, 0.5) is 20.2 Å². The number of carbonyl (C=O) groups is 2. The van der Waals surface area contributed by atoms with Gasteiger partial charge in [-0.3, -0.25) is 9.59 Å². The van der Waals surface area contributed by atoms with Crippen LogP contribution in [0.2, 0.25) is 0 Å². The first-order valence-corrected chi connectivity index (χ1v) is 9.84. The van der Waals surface area contributed by atoms with E-state index in [1.54, 1.807) is 44.3 Å². The molecule has 0 fully saturated rings. The number of alkyl halides is 2. The molecule has 1 aliphatic heterocycles. The van der Waals surface area contributed by atoms with Crippen molar-refractivity contribution in [3.63, 3.8) is 0 Å². The second-order valence-electron chi connectivity index (χ2n) is 7.61. The highest BCUT2D eigenvalue weighted by atomic mass is 19.3. The Morgan fingerprint density at radius 1 is 1.16 bits per heavy atom. The first-order valence-electron chi connectivity index (χ1n) is 9.84. The quantitative estimate of drug-likeness (QED) is 0.583. The number of aryl methyl sites for hydroxylation is 1. The minimum atomic E-state index is -3.05. The van der Waals surface area contributed by atoms with E-state index >= 15 is 0 Å². The van der Waals surface area contributed by atoms with Crippen molar-refractivity contribution in [3.8, 4) is 11.5 Å². The summed E-state index contributed by atoms with van der Waals surface area (Å²) in [5.74, 6) is -4.36. The zero-order valence-electron chi connectivity index (χ0n) is 17.6. The van der Waals surface area contributed by atoms with Crippen molar-refractivity contribution in [3.05, 3.63) is 66.1 Å². The maximum absolute atomic E-state index is 13.6. The second-order valence-corrected chi connectivity index (χ2v) is 7.61. The highest BCUT2D eigenvalue weighted by Crippen LogP contribution is 2.31. The molecule has 0 radical (unpaired) electrons. The van der Waals surface area contributed by atoms with Crippen LogP contribution in [0.5, 0.6) is 0 Å². The van der Waals surface area contributed by atoms with E-state index in [2.05, 4.69) is 15.4 Å². The molecule has 32 heavy (non-hydrogen) atoms. The smallest absolute Gasteiger partial charge is 0.270 e. The molecule has 3 aromatic rings. The molecule has 2 aromatic carbocycles. The Kier molecular flexibility index (Phi) is 5.33. The number of hydrogen-bond donors (Lipinski definition) is 1. The third-order valence-electron chi connectivity index (χ3n) is 4.99. The highest BCUT2D eigenvalue weighted by molar-refractivity contribution is 6.28. The van der Waals surface area contributed by atoms with Gasteiger partial charge < -0.3 is 9.73 Å². The van der Waals surface area contributed by atoms with Crippen LogP contribution in [0, 0.1) is 12.8 Å². The zero-order valence-corrected chi connectivity index (χ0v) is 17.6. The van der Waals surface area contributed by atoms with Crippen LogP contribution in [0.15, 0.2) is 64.2 Å². The molecule has 0 saturated heterocycles. The Balaban J connectivity index is 1.55. The van der Waals surface area contributed by atoms with Crippen molar-refractivity contribution >= 4 is 28.9 Å². The van der Waals surface area contributed by atoms with E-state index in [1.807, 2.05) is 0 Å². The van der Waals surface area contributed by atoms with Gasteiger partial charge in [-0.05, 0) is 44.2 Å². The summed E-state index contributed by atoms with van der Waals surface area (Å²) >= 11 is 0. The fraction of sp³-hybridized carbons (Fsp3) is 0.217. The summed E-state index contributed by atoms with van der Waals surface area (Å²) in [6.45, 7) is 4.12. The van der Waals surface area contributed by atoms with Gasteiger partial charge in [0.05, 0.1) is 17.6 Å². The summed E-state index contributed by atoms with van der Waals surface area (Å²) in [6.07, 6.45) is 1.59. The number of anilines is 2. The van der Waals surface area contributed by atoms with Gasteiger partial charge >= 0.3 is 0 Å². The van der Waals surface area contributed by atoms with Crippen LogP contribution in [-0.4, -0.2) is 22.5 Å². The molecule has 0 aliphatic carbocycles. The van der Waals surface area contributed by atoms with Crippen LogP contribution in [0.25, 0.3) is 11.5 Å². The molecule has 0 bridgehead atoms. The molecule has 1 aromatic heterocycles. The van der Waals surface area contributed by atoms with Crippen molar-refractivity contribution in [2.45, 2.75) is 26.7 Å². The van der Waals surface area contributed by atoms with E-state index in [4.69, 9.17) is 4.42 Å². The molecule has 1 aliphatic rings. The molecule has 2 amide bonds. The Bertz CT molecular complexity index is 1230. The lowest BCUT2D eigenvalue weighted by atomic mass is 10.0. The lowest BCUT2D eigenvalue weighted by Gasteiger charge is -2.16. The maximum atomic E-state index is 13.6. The van der Waals surface area contributed by atoms with Gasteiger partial charge in [0.25, 0.3) is 11.8 Å². The first kappa shape index (κ1) is 21.4. The van der Waals surface area contributed by atoms with Gasteiger partial charge in [0.1, 0.15) is 5.76 Å². The second kappa shape index (κ2) is 7.99. The van der Waals surface area contributed by atoms with Crippen molar-refractivity contribution in [1.82, 2.24) is 4.98 Å². The van der Waals surface area contributed by atoms with Gasteiger partial charge in [-0.25, -0.2) is 13.8 Å². The standard InChI is InChI=1S/C23H20F2N4O3/c1-13-12-26-21(32-13)15-6-4-9-18(10-15)29-22(31)19(14(2)28-29)20(30)27-17-8-5-7-16(11-17)23(3,24)25/h4-12,19H,1-3H3,(H,27,30). The number of nitrogens with zero attached hydrogens (tertiary/aromatic N) is 3. The summed E-state index contributed by atoms with van der Waals surface area (Å²) in [5, 5.41) is 7.94. The number of oxazole rings is 1. The molecule has 9 heteroatoms. The average molecular weight is 438 g/mol. The van der Waals surface area contributed by atoms with E-state index in [9.17, 15) is 18.4 Å². The van der Waals surface area contributed by atoms with Crippen LogP contribution in [-0.2, 0) is 15.5 Å². The predicted molar refractivity (Wildman–Crippen MR) is 115 cm³/mol. The molecular formula is C23H20F2N4O3.